The third-order valence-corrected chi connectivity index (χ3v) is 3.29. The number of rotatable bonds is 1. The van der Waals surface area contributed by atoms with E-state index in [4.69, 9.17) is 5.73 Å². The first-order valence-corrected chi connectivity index (χ1v) is 5.51. The van der Waals surface area contributed by atoms with Gasteiger partial charge in [0.1, 0.15) is 0 Å². The monoisotopic (exact) mass is 189 g/mol. The zero-order chi connectivity index (χ0) is 10.2. The number of fused-ring (bicyclic) bond motifs is 1. The Bertz CT molecular complexity index is 339. The summed E-state index contributed by atoms with van der Waals surface area (Å²) in [6.45, 7) is 4.39. The molecule has 0 saturated carbocycles. The molecule has 1 aliphatic rings. The van der Waals surface area contributed by atoms with Crippen LogP contribution in [0, 0.1) is 0 Å². The summed E-state index contributed by atoms with van der Waals surface area (Å²) in [5.41, 5.74) is 10.7. The largest absolute Gasteiger partial charge is 0.325 e. The minimum Gasteiger partial charge on any atom is -0.325 e. The summed E-state index contributed by atoms with van der Waals surface area (Å²) in [6, 6.07) is 6.65. The van der Waals surface area contributed by atoms with E-state index >= 15 is 0 Å². The maximum Gasteiger partial charge on any atom is 0.0169 e. The van der Waals surface area contributed by atoms with Gasteiger partial charge in [0.15, 0.2) is 0 Å². The molecule has 1 aromatic rings. The predicted molar refractivity (Wildman–Crippen MR) is 60.4 cm³/mol. The molecule has 0 radical (unpaired) electrons. The van der Waals surface area contributed by atoms with Crippen molar-refractivity contribution < 1.29 is 0 Å². The lowest BCUT2D eigenvalue weighted by Crippen LogP contribution is -2.42. The molecule has 0 heterocycles. The van der Waals surface area contributed by atoms with Crippen molar-refractivity contribution in [3.05, 3.63) is 34.9 Å². The summed E-state index contributed by atoms with van der Waals surface area (Å²) in [5, 5.41) is 0. The van der Waals surface area contributed by atoms with Crippen LogP contribution in [-0.2, 0) is 19.3 Å². The Labute approximate surface area is 86.3 Å². The molecule has 14 heavy (non-hydrogen) atoms. The SMILES string of the molecule is CCc1cccc2c1CCC(C)(N)C2. The van der Waals surface area contributed by atoms with Gasteiger partial charge in [0.2, 0.25) is 0 Å². The van der Waals surface area contributed by atoms with Gasteiger partial charge in [-0.2, -0.15) is 0 Å². The van der Waals surface area contributed by atoms with Gasteiger partial charge < -0.3 is 5.73 Å². The van der Waals surface area contributed by atoms with Crippen LogP contribution < -0.4 is 5.73 Å². The highest BCUT2D eigenvalue weighted by Gasteiger charge is 2.26. The van der Waals surface area contributed by atoms with Gasteiger partial charge in [-0.05, 0) is 49.3 Å². The first-order chi connectivity index (χ1) is 6.62. The molecule has 1 nitrogen and oxygen atoms in total. The zero-order valence-electron chi connectivity index (χ0n) is 9.14. The van der Waals surface area contributed by atoms with Crippen molar-refractivity contribution in [1.29, 1.82) is 0 Å². The minimum absolute atomic E-state index is 0.0133. The summed E-state index contributed by atoms with van der Waals surface area (Å²) in [5.74, 6) is 0. The average Bonchev–Trinajstić information content (AvgIpc) is 2.15. The van der Waals surface area contributed by atoms with E-state index in [-0.39, 0.29) is 5.54 Å². The van der Waals surface area contributed by atoms with E-state index in [1.807, 2.05) is 0 Å². The molecule has 1 atom stereocenters. The normalized spacial score (nSPS) is 25.9. The second-order valence-corrected chi connectivity index (χ2v) is 4.74. The van der Waals surface area contributed by atoms with Gasteiger partial charge in [0, 0.05) is 5.54 Å². The fraction of sp³-hybridized carbons (Fsp3) is 0.538. The Balaban J connectivity index is 2.40. The van der Waals surface area contributed by atoms with Gasteiger partial charge in [-0.25, -0.2) is 0 Å². The summed E-state index contributed by atoms with van der Waals surface area (Å²) >= 11 is 0. The molecular formula is C13H19N. The highest BCUT2D eigenvalue weighted by Crippen LogP contribution is 2.29. The van der Waals surface area contributed by atoms with Crippen LogP contribution in [0.25, 0.3) is 0 Å². The van der Waals surface area contributed by atoms with Crippen molar-refractivity contribution in [3.8, 4) is 0 Å². The molecule has 0 bridgehead atoms. The van der Waals surface area contributed by atoms with E-state index in [1.165, 1.54) is 11.1 Å². The van der Waals surface area contributed by atoms with Crippen molar-refractivity contribution in [2.45, 2.75) is 45.1 Å². The molecule has 2 N–H and O–H groups in total. The topological polar surface area (TPSA) is 26.0 Å². The Kier molecular flexibility index (Phi) is 2.36. The molecule has 1 heteroatoms. The molecule has 0 aliphatic heterocycles. The summed E-state index contributed by atoms with van der Waals surface area (Å²) in [7, 11) is 0. The number of benzene rings is 1. The lowest BCUT2D eigenvalue weighted by atomic mass is 9.78. The van der Waals surface area contributed by atoms with Crippen LogP contribution >= 0.6 is 0 Å². The van der Waals surface area contributed by atoms with E-state index in [1.54, 1.807) is 5.56 Å². The highest BCUT2D eigenvalue weighted by molar-refractivity contribution is 5.38. The van der Waals surface area contributed by atoms with Crippen molar-refractivity contribution >= 4 is 0 Å². The molecule has 1 unspecified atom stereocenters. The number of hydrogen-bond donors (Lipinski definition) is 1. The molecular weight excluding hydrogens is 170 g/mol. The van der Waals surface area contributed by atoms with E-state index in [9.17, 15) is 0 Å². The van der Waals surface area contributed by atoms with Gasteiger partial charge in [-0.15, -0.1) is 0 Å². The van der Waals surface area contributed by atoms with Crippen molar-refractivity contribution in [2.75, 3.05) is 0 Å². The third kappa shape index (κ3) is 1.69. The van der Waals surface area contributed by atoms with E-state index in [0.717, 1.165) is 25.7 Å². The molecule has 0 fully saturated rings. The Morgan fingerprint density at radius 1 is 1.43 bits per heavy atom. The second-order valence-electron chi connectivity index (χ2n) is 4.74. The Morgan fingerprint density at radius 3 is 2.93 bits per heavy atom. The molecule has 0 saturated heterocycles. The molecule has 0 amide bonds. The van der Waals surface area contributed by atoms with Crippen LogP contribution in [0.3, 0.4) is 0 Å². The van der Waals surface area contributed by atoms with E-state index in [2.05, 4.69) is 32.0 Å². The fourth-order valence-electron chi connectivity index (χ4n) is 2.44. The van der Waals surface area contributed by atoms with Crippen molar-refractivity contribution in [1.82, 2.24) is 0 Å². The van der Waals surface area contributed by atoms with Crippen molar-refractivity contribution in [2.24, 2.45) is 5.73 Å². The molecule has 0 aromatic heterocycles. The second kappa shape index (κ2) is 3.39. The molecule has 2 rings (SSSR count). The lowest BCUT2D eigenvalue weighted by Gasteiger charge is -2.32. The standard InChI is InChI=1S/C13H19N/c1-3-10-5-4-6-11-9-13(2,14)8-7-12(10)11/h4-6H,3,7-9,14H2,1-2H3. The first kappa shape index (κ1) is 9.72. The molecule has 76 valence electrons. The molecule has 1 aromatic carbocycles. The van der Waals surface area contributed by atoms with Gasteiger partial charge >= 0.3 is 0 Å². The maximum absolute atomic E-state index is 6.18. The number of aryl methyl sites for hydroxylation is 1. The van der Waals surface area contributed by atoms with Crippen LogP contribution in [-0.4, -0.2) is 5.54 Å². The van der Waals surface area contributed by atoms with Crippen LogP contribution in [0.2, 0.25) is 0 Å². The van der Waals surface area contributed by atoms with Crippen LogP contribution in [0.15, 0.2) is 18.2 Å². The number of hydrogen-bond acceptors (Lipinski definition) is 1. The minimum atomic E-state index is 0.0133. The first-order valence-electron chi connectivity index (χ1n) is 5.51. The van der Waals surface area contributed by atoms with Crippen molar-refractivity contribution in [3.63, 3.8) is 0 Å². The Hall–Kier alpha value is -0.820. The Morgan fingerprint density at radius 2 is 2.21 bits per heavy atom. The number of nitrogens with two attached hydrogens (primary N) is 1. The van der Waals surface area contributed by atoms with Crippen LogP contribution in [0.5, 0.6) is 0 Å². The quantitative estimate of drug-likeness (QED) is 0.721. The van der Waals surface area contributed by atoms with Crippen LogP contribution in [0.1, 0.15) is 37.0 Å². The highest BCUT2D eigenvalue weighted by atomic mass is 14.7. The van der Waals surface area contributed by atoms with Gasteiger partial charge in [0.05, 0.1) is 0 Å². The summed E-state index contributed by atoms with van der Waals surface area (Å²) in [4.78, 5) is 0. The van der Waals surface area contributed by atoms with Crippen LogP contribution in [0.4, 0.5) is 0 Å². The maximum atomic E-state index is 6.18. The van der Waals surface area contributed by atoms with E-state index < -0.39 is 0 Å². The zero-order valence-corrected chi connectivity index (χ0v) is 9.14. The molecule has 0 spiro atoms. The third-order valence-electron chi connectivity index (χ3n) is 3.29. The summed E-state index contributed by atoms with van der Waals surface area (Å²) in [6.07, 6.45) is 4.46. The molecule has 1 aliphatic carbocycles. The van der Waals surface area contributed by atoms with Gasteiger partial charge in [-0.1, -0.05) is 25.1 Å². The smallest absolute Gasteiger partial charge is 0.0169 e. The van der Waals surface area contributed by atoms with Gasteiger partial charge in [-0.3, -0.25) is 0 Å². The lowest BCUT2D eigenvalue weighted by molar-refractivity contribution is 0.407. The summed E-state index contributed by atoms with van der Waals surface area (Å²) < 4.78 is 0. The van der Waals surface area contributed by atoms with E-state index in [0.29, 0.717) is 0 Å². The predicted octanol–water partition coefficient (Wildman–Crippen LogP) is 2.46. The average molecular weight is 189 g/mol. The fourth-order valence-corrected chi connectivity index (χ4v) is 2.44. The van der Waals surface area contributed by atoms with Gasteiger partial charge in [0.25, 0.3) is 0 Å².